The Labute approximate surface area is 136 Å². The van der Waals surface area contributed by atoms with Gasteiger partial charge in [0.05, 0.1) is 18.2 Å². The summed E-state index contributed by atoms with van der Waals surface area (Å²) in [6.07, 6.45) is 9.68. The molecule has 1 atom stereocenters. The number of hydrogen-bond donors (Lipinski definition) is 1. The molecule has 0 fully saturated rings. The van der Waals surface area contributed by atoms with Crippen LogP contribution in [0.2, 0.25) is 0 Å². The molecule has 1 aliphatic rings. The first kappa shape index (κ1) is 15.7. The summed E-state index contributed by atoms with van der Waals surface area (Å²) in [6, 6.07) is 0. The standard InChI is InChI=1S/C16H24N6O/c1-21-15-13(10-18-21)14(17)19-16(20-15)22(8-9-23-2)11-12-6-4-3-5-7-12/h3-4,10,12H,5-9,11H2,1-2H3,(H2,17,19,20)/t12-/m1/s1. The van der Waals surface area contributed by atoms with Gasteiger partial charge < -0.3 is 15.4 Å². The number of nitrogens with zero attached hydrogens (tertiary/aromatic N) is 5. The van der Waals surface area contributed by atoms with Crippen LogP contribution in [0.25, 0.3) is 11.0 Å². The van der Waals surface area contributed by atoms with Gasteiger partial charge in [0.25, 0.3) is 0 Å². The highest BCUT2D eigenvalue weighted by molar-refractivity contribution is 5.86. The lowest BCUT2D eigenvalue weighted by Gasteiger charge is -2.28. The van der Waals surface area contributed by atoms with Crippen LogP contribution in [0.15, 0.2) is 18.3 Å². The summed E-state index contributed by atoms with van der Waals surface area (Å²) in [7, 11) is 3.57. The van der Waals surface area contributed by atoms with E-state index in [1.165, 1.54) is 6.42 Å². The fraction of sp³-hybridized carbons (Fsp3) is 0.562. The number of ether oxygens (including phenoxy) is 1. The van der Waals surface area contributed by atoms with E-state index in [2.05, 4.69) is 32.1 Å². The van der Waals surface area contributed by atoms with Crippen molar-refractivity contribution in [1.82, 2.24) is 19.7 Å². The number of nitrogen functional groups attached to an aromatic ring is 1. The molecule has 124 valence electrons. The smallest absolute Gasteiger partial charge is 0.229 e. The summed E-state index contributed by atoms with van der Waals surface area (Å²) >= 11 is 0. The first-order chi connectivity index (χ1) is 11.2. The SMILES string of the molecule is COCCN(C[C@@H]1CC=CCC1)c1nc(N)c2cnn(C)c2n1. The van der Waals surface area contributed by atoms with Crippen molar-refractivity contribution < 1.29 is 4.74 Å². The minimum atomic E-state index is 0.476. The molecule has 2 aromatic rings. The normalized spacial score (nSPS) is 17.7. The molecule has 0 saturated carbocycles. The van der Waals surface area contributed by atoms with Gasteiger partial charge >= 0.3 is 0 Å². The third kappa shape index (κ3) is 3.44. The van der Waals surface area contributed by atoms with Gasteiger partial charge in [-0.2, -0.15) is 15.1 Å². The van der Waals surface area contributed by atoms with Crippen LogP contribution in [0.3, 0.4) is 0 Å². The highest BCUT2D eigenvalue weighted by Crippen LogP contribution is 2.24. The first-order valence-corrected chi connectivity index (χ1v) is 8.03. The number of allylic oxidation sites excluding steroid dienone is 2. The number of rotatable bonds is 6. The lowest BCUT2D eigenvalue weighted by atomic mass is 9.94. The summed E-state index contributed by atoms with van der Waals surface area (Å²) in [6.45, 7) is 2.30. The Kier molecular flexibility index (Phi) is 4.76. The summed E-state index contributed by atoms with van der Waals surface area (Å²) in [5.74, 6) is 1.75. The van der Waals surface area contributed by atoms with Crippen molar-refractivity contribution in [3.63, 3.8) is 0 Å². The van der Waals surface area contributed by atoms with Crippen LogP contribution in [0.5, 0.6) is 0 Å². The largest absolute Gasteiger partial charge is 0.383 e. The second kappa shape index (κ2) is 6.95. The highest BCUT2D eigenvalue weighted by Gasteiger charge is 2.19. The number of methoxy groups -OCH3 is 1. The molecular formula is C16H24N6O. The molecule has 0 radical (unpaired) electrons. The van der Waals surface area contributed by atoms with Crippen LogP contribution in [0, 0.1) is 5.92 Å². The number of aryl methyl sites for hydroxylation is 1. The molecule has 2 heterocycles. The molecule has 2 N–H and O–H groups in total. The molecule has 0 spiro atoms. The Morgan fingerprint density at radius 2 is 2.26 bits per heavy atom. The predicted molar refractivity (Wildman–Crippen MR) is 91.3 cm³/mol. The molecule has 1 aliphatic carbocycles. The van der Waals surface area contributed by atoms with Crippen LogP contribution >= 0.6 is 0 Å². The summed E-state index contributed by atoms with van der Waals surface area (Å²) in [5, 5.41) is 5.01. The number of aromatic nitrogens is 4. The fourth-order valence-corrected chi connectivity index (χ4v) is 2.98. The lowest BCUT2D eigenvalue weighted by molar-refractivity contribution is 0.203. The molecule has 2 aromatic heterocycles. The lowest BCUT2D eigenvalue weighted by Crippen LogP contribution is -2.34. The van der Waals surface area contributed by atoms with E-state index in [9.17, 15) is 0 Å². The zero-order chi connectivity index (χ0) is 16.2. The van der Waals surface area contributed by atoms with Gasteiger partial charge in [-0.3, -0.25) is 4.68 Å². The van der Waals surface area contributed by atoms with Gasteiger partial charge in [0, 0.05) is 27.2 Å². The fourth-order valence-electron chi connectivity index (χ4n) is 2.98. The maximum absolute atomic E-state index is 6.10. The zero-order valence-electron chi connectivity index (χ0n) is 13.8. The van der Waals surface area contributed by atoms with E-state index >= 15 is 0 Å². The van der Waals surface area contributed by atoms with Crippen molar-refractivity contribution in [3.8, 4) is 0 Å². The van der Waals surface area contributed by atoms with Gasteiger partial charge in [-0.1, -0.05) is 12.2 Å². The molecule has 0 aromatic carbocycles. The van der Waals surface area contributed by atoms with Crippen LogP contribution in [0.1, 0.15) is 19.3 Å². The Bertz CT molecular complexity index is 695. The minimum Gasteiger partial charge on any atom is -0.383 e. The molecule has 7 nitrogen and oxygen atoms in total. The Balaban J connectivity index is 1.88. The maximum atomic E-state index is 6.10. The first-order valence-electron chi connectivity index (χ1n) is 8.03. The van der Waals surface area contributed by atoms with Crippen LogP contribution in [-0.4, -0.2) is 46.6 Å². The van der Waals surface area contributed by atoms with Gasteiger partial charge in [0.2, 0.25) is 5.95 Å². The van der Waals surface area contributed by atoms with Gasteiger partial charge in [-0.25, -0.2) is 0 Å². The average molecular weight is 316 g/mol. The van der Waals surface area contributed by atoms with Crippen molar-refractivity contribution >= 4 is 22.8 Å². The summed E-state index contributed by atoms with van der Waals surface area (Å²) in [4.78, 5) is 11.4. The topological polar surface area (TPSA) is 82.1 Å². The number of fused-ring (bicyclic) bond motifs is 1. The molecule has 0 bridgehead atoms. The van der Waals surface area contributed by atoms with Gasteiger partial charge in [-0.15, -0.1) is 0 Å². The van der Waals surface area contributed by atoms with Crippen molar-refractivity contribution in [1.29, 1.82) is 0 Å². The summed E-state index contributed by atoms with van der Waals surface area (Å²) < 4.78 is 6.98. The van der Waals surface area contributed by atoms with E-state index in [0.717, 1.165) is 37.0 Å². The molecule has 23 heavy (non-hydrogen) atoms. The van der Waals surface area contributed by atoms with Crippen molar-refractivity contribution in [3.05, 3.63) is 18.3 Å². The number of anilines is 2. The van der Waals surface area contributed by atoms with Crippen LogP contribution in [-0.2, 0) is 11.8 Å². The molecule has 0 amide bonds. The summed E-state index contributed by atoms with van der Waals surface area (Å²) in [5.41, 5.74) is 6.86. The number of hydrogen-bond acceptors (Lipinski definition) is 6. The monoisotopic (exact) mass is 316 g/mol. The predicted octanol–water partition coefficient (Wildman–Crippen LogP) is 1.75. The second-order valence-electron chi connectivity index (χ2n) is 6.00. The van der Waals surface area contributed by atoms with Gasteiger partial charge in [0.15, 0.2) is 5.65 Å². The van der Waals surface area contributed by atoms with E-state index in [4.69, 9.17) is 10.5 Å². The van der Waals surface area contributed by atoms with E-state index in [1.54, 1.807) is 18.0 Å². The third-order valence-electron chi connectivity index (χ3n) is 4.31. The minimum absolute atomic E-state index is 0.476. The Hall–Kier alpha value is -2.15. The Morgan fingerprint density at radius 3 is 3.00 bits per heavy atom. The molecule has 0 saturated heterocycles. The van der Waals surface area contributed by atoms with Gasteiger partial charge in [0.1, 0.15) is 5.82 Å². The quantitative estimate of drug-likeness (QED) is 0.818. The molecule has 0 aliphatic heterocycles. The molecular weight excluding hydrogens is 292 g/mol. The molecule has 3 rings (SSSR count). The molecule has 0 unspecified atom stereocenters. The Morgan fingerprint density at radius 1 is 1.39 bits per heavy atom. The third-order valence-corrected chi connectivity index (χ3v) is 4.31. The van der Waals surface area contributed by atoms with E-state index in [-0.39, 0.29) is 0 Å². The van der Waals surface area contributed by atoms with E-state index < -0.39 is 0 Å². The van der Waals surface area contributed by atoms with Crippen molar-refractivity contribution in [2.24, 2.45) is 13.0 Å². The van der Waals surface area contributed by atoms with E-state index in [1.807, 2.05) is 7.05 Å². The second-order valence-corrected chi connectivity index (χ2v) is 6.00. The zero-order valence-corrected chi connectivity index (χ0v) is 13.8. The average Bonchev–Trinajstić information content (AvgIpc) is 2.94. The van der Waals surface area contributed by atoms with Gasteiger partial charge in [-0.05, 0) is 25.2 Å². The van der Waals surface area contributed by atoms with E-state index in [0.29, 0.717) is 24.3 Å². The molecule has 7 heteroatoms. The van der Waals surface area contributed by atoms with Crippen LogP contribution in [0.4, 0.5) is 11.8 Å². The number of nitrogens with two attached hydrogens (primary N) is 1. The van der Waals surface area contributed by atoms with Crippen molar-refractivity contribution in [2.45, 2.75) is 19.3 Å². The highest BCUT2D eigenvalue weighted by atomic mass is 16.5. The van der Waals surface area contributed by atoms with Crippen molar-refractivity contribution in [2.75, 3.05) is 37.4 Å². The van der Waals surface area contributed by atoms with Crippen LogP contribution < -0.4 is 10.6 Å². The maximum Gasteiger partial charge on any atom is 0.229 e.